The van der Waals surface area contributed by atoms with Gasteiger partial charge in [0.25, 0.3) is 0 Å². The van der Waals surface area contributed by atoms with Crippen molar-refractivity contribution in [2.45, 2.75) is 16.8 Å². The number of nitrogens with zero attached hydrogens (tertiary/aromatic N) is 2. The summed E-state index contributed by atoms with van der Waals surface area (Å²) in [4.78, 5) is 8.29. The van der Waals surface area contributed by atoms with Crippen molar-refractivity contribution in [3.8, 4) is 0 Å². The van der Waals surface area contributed by atoms with Gasteiger partial charge >= 0.3 is 0 Å². The molecule has 1 N–H and O–H groups in total. The van der Waals surface area contributed by atoms with Gasteiger partial charge in [-0.15, -0.1) is 11.8 Å². The molecule has 0 saturated carbocycles. The molecule has 3 nitrogen and oxygen atoms in total. The molecule has 0 unspecified atom stereocenters. The number of hydrogen-bond acceptors (Lipinski definition) is 5. The molecule has 0 spiro atoms. The molecule has 0 aliphatic rings. The molecule has 0 fully saturated rings. The van der Waals surface area contributed by atoms with Gasteiger partial charge in [-0.2, -0.15) is 0 Å². The lowest BCUT2D eigenvalue weighted by molar-refractivity contribution is 0.277. The van der Waals surface area contributed by atoms with Gasteiger partial charge in [0.2, 0.25) is 0 Å². The van der Waals surface area contributed by atoms with Crippen molar-refractivity contribution in [2.24, 2.45) is 0 Å². The smallest absolute Gasteiger partial charge is 0.188 e. The maximum absolute atomic E-state index is 8.91. The summed E-state index contributed by atoms with van der Waals surface area (Å²) in [7, 11) is 0. The van der Waals surface area contributed by atoms with E-state index in [1.54, 1.807) is 6.20 Å². The fraction of sp³-hybridized carbons (Fsp3) is 0.429. The molecule has 0 bridgehead atoms. The predicted octanol–water partition coefficient (Wildman–Crippen LogP) is 1.41. The van der Waals surface area contributed by atoms with Crippen LogP contribution in [-0.2, 0) is 6.61 Å². The van der Waals surface area contributed by atoms with E-state index >= 15 is 0 Å². The molecule has 0 aliphatic carbocycles. The van der Waals surface area contributed by atoms with Crippen LogP contribution in [0.5, 0.6) is 0 Å². The molecule has 0 atom stereocenters. The summed E-state index contributed by atoms with van der Waals surface area (Å²) in [5, 5.41) is 10.5. The van der Waals surface area contributed by atoms with Gasteiger partial charge < -0.3 is 5.11 Å². The molecule has 12 heavy (non-hydrogen) atoms. The number of hydrogen-bond donors (Lipinski definition) is 1. The second-order valence-corrected chi connectivity index (χ2v) is 3.62. The normalized spacial score (nSPS) is 10.2. The fourth-order valence-electron chi connectivity index (χ4n) is 0.759. The van der Waals surface area contributed by atoms with Crippen molar-refractivity contribution >= 4 is 23.5 Å². The Morgan fingerprint density at radius 3 is 2.67 bits per heavy atom. The highest BCUT2D eigenvalue weighted by Gasteiger charge is 2.03. The van der Waals surface area contributed by atoms with Crippen LogP contribution in [0.2, 0.25) is 0 Å². The molecule has 1 aromatic rings. The Morgan fingerprint density at radius 1 is 1.42 bits per heavy atom. The first-order valence-corrected chi connectivity index (χ1v) is 5.81. The summed E-state index contributed by atoms with van der Waals surface area (Å²) in [5.41, 5.74) is 0.792. The van der Waals surface area contributed by atoms with E-state index in [0.29, 0.717) is 0 Å². The van der Waals surface area contributed by atoms with Gasteiger partial charge in [0, 0.05) is 11.8 Å². The van der Waals surface area contributed by atoms with Crippen LogP contribution >= 0.6 is 23.5 Å². The second kappa shape index (κ2) is 4.69. The Labute approximate surface area is 80.0 Å². The molecule has 1 heterocycles. The maximum Gasteiger partial charge on any atom is 0.188 e. The lowest BCUT2D eigenvalue weighted by Gasteiger charge is -2.03. The monoisotopic (exact) mass is 202 g/mol. The highest BCUT2D eigenvalue weighted by atomic mass is 32.2. The van der Waals surface area contributed by atoms with Gasteiger partial charge in [0.05, 0.1) is 6.61 Å². The molecule has 0 aromatic carbocycles. The zero-order chi connectivity index (χ0) is 8.97. The molecule has 1 aromatic heterocycles. The quantitative estimate of drug-likeness (QED) is 0.456. The van der Waals surface area contributed by atoms with Gasteiger partial charge in [-0.25, -0.2) is 9.97 Å². The topological polar surface area (TPSA) is 46.0 Å². The van der Waals surface area contributed by atoms with E-state index < -0.39 is 0 Å². The predicted molar refractivity (Wildman–Crippen MR) is 51.5 cm³/mol. The zero-order valence-electron chi connectivity index (χ0n) is 6.94. The summed E-state index contributed by atoms with van der Waals surface area (Å²) in [6, 6.07) is 0. The molecule has 0 aliphatic heterocycles. The number of aromatic nitrogens is 2. The third-order valence-electron chi connectivity index (χ3n) is 1.35. The van der Waals surface area contributed by atoms with Crippen molar-refractivity contribution < 1.29 is 5.11 Å². The first-order valence-electron chi connectivity index (χ1n) is 3.36. The molecule has 0 saturated heterocycles. The molecular weight excluding hydrogens is 192 g/mol. The lowest BCUT2D eigenvalue weighted by Crippen LogP contribution is -1.95. The van der Waals surface area contributed by atoms with E-state index in [1.807, 2.05) is 12.5 Å². The third-order valence-corrected chi connectivity index (χ3v) is 2.65. The zero-order valence-corrected chi connectivity index (χ0v) is 8.58. The first-order chi connectivity index (χ1) is 5.81. The maximum atomic E-state index is 8.91. The average Bonchev–Trinajstić information content (AvgIpc) is 2.16. The van der Waals surface area contributed by atoms with Crippen LogP contribution in [0, 0.1) is 0 Å². The van der Waals surface area contributed by atoms with E-state index in [4.69, 9.17) is 5.11 Å². The minimum atomic E-state index is 0.00480. The Bertz CT molecular complexity index is 268. The number of aliphatic hydroxyl groups is 1. The van der Waals surface area contributed by atoms with E-state index in [9.17, 15) is 0 Å². The number of aliphatic hydroxyl groups excluding tert-OH is 1. The van der Waals surface area contributed by atoms with E-state index in [1.165, 1.54) is 23.5 Å². The van der Waals surface area contributed by atoms with Crippen LogP contribution < -0.4 is 0 Å². The molecular formula is C7H10N2OS2. The van der Waals surface area contributed by atoms with E-state index in [0.717, 1.165) is 15.7 Å². The Hall–Kier alpha value is -0.260. The molecule has 1 rings (SSSR count). The Balaban J connectivity index is 3.02. The minimum absolute atomic E-state index is 0.00480. The standard InChI is InChI=1S/C7H10N2OS2/c1-11-6-5(4-10)3-8-7(9-6)12-2/h3,10H,4H2,1-2H3. The van der Waals surface area contributed by atoms with Gasteiger partial charge in [-0.3, -0.25) is 0 Å². The first kappa shape index (κ1) is 9.83. The third kappa shape index (κ3) is 2.12. The minimum Gasteiger partial charge on any atom is -0.392 e. The van der Waals surface area contributed by atoms with Gasteiger partial charge in [-0.05, 0) is 12.5 Å². The summed E-state index contributed by atoms with van der Waals surface area (Å²) >= 11 is 3.03. The van der Waals surface area contributed by atoms with E-state index in [-0.39, 0.29) is 6.61 Å². The average molecular weight is 202 g/mol. The van der Waals surface area contributed by atoms with Gasteiger partial charge in [-0.1, -0.05) is 11.8 Å². The van der Waals surface area contributed by atoms with Crippen molar-refractivity contribution in [2.75, 3.05) is 12.5 Å². The Morgan fingerprint density at radius 2 is 2.17 bits per heavy atom. The molecule has 0 radical (unpaired) electrons. The van der Waals surface area contributed by atoms with Crippen LogP contribution in [0.3, 0.4) is 0 Å². The van der Waals surface area contributed by atoms with Crippen LogP contribution in [0.4, 0.5) is 0 Å². The summed E-state index contributed by atoms with van der Waals surface area (Å²) in [6.07, 6.45) is 5.54. The van der Waals surface area contributed by atoms with Crippen molar-refractivity contribution in [1.29, 1.82) is 0 Å². The van der Waals surface area contributed by atoms with Gasteiger partial charge in [0.15, 0.2) is 5.16 Å². The second-order valence-electron chi connectivity index (χ2n) is 2.05. The number of rotatable bonds is 3. The highest BCUT2D eigenvalue weighted by Crippen LogP contribution is 2.19. The van der Waals surface area contributed by atoms with Gasteiger partial charge in [0.1, 0.15) is 5.03 Å². The Kier molecular flexibility index (Phi) is 3.84. The van der Waals surface area contributed by atoms with E-state index in [2.05, 4.69) is 9.97 Å². The lowest BCUT2D eigenvalue weighted by atomic mass is 10.4. The van der Waals surface area contributed by atoms with Crippen LogP contribution in [-0.4, -0.2) is 27.6 Å². The summed E-state index contributed by atoms with van der Waals surface area (Å²) < 4.78 is 0. The van der Waals surface area contributed by atoms with Crippen LogP contribution in [0.15, 0.2) is 16.4 Å². The molecule has 0 amide bonds. The fourth-order valence-corrected chi connectivity index (χ4v) is 1.72. The highest BCUT2D eigenvalue weighted by molar-refractivity contribution is 7.99. The van der Waals surface area contributed by atoms with Crippen LogP contribution in [0.1, 0.15) is 5.56 Å². The molecule has 5 heteroatoms. The molecule has 66 valence electrons. The number of thioether (sulfide) groups is 2. The van der Waals surface area contributed by atoms with Crippen molar-refractivity contribution in [1.82, 2.24) is 9.97 Å². The summed E-state index contributed by atoms with van der Waals surface area (Å²) in [5.74, 6) is 0. The summed E-state index contributed by atoms with van der Waals surface area (Å²) in [6.45, 7) is 0.00480. The van der Waals surface area contributed by atoms with Crippen LogP contribution in [0.25, 0.3) is 0 Å². The van der Waals surface area contributed by atoms with Crippen molar-refractivity contribution in [3.05, 3.63) is 11.8 Å². The largest absolute Gasteiger partial charge is 0.392 e. The SMILES string of the molecule is CSc1ncc(CO)c(SC)n1. The van der Waals surface area contributed by atoms with Crippen molar-refractivity contribution in [3.63, 3.8) is 0 Å².